The zero-order valence-electron chi connectivity index (χ0n) is 11.1. The van der Waals surface area contributed by atoms with Gasteiger partial charge in [0.15, 0.2) is 0 Å². The fourth-order valence-electron chi connectivity index (χ4n) is 5.72. The molecule has 2 nitrogen and oxygen atoms in total. The highest BCUT2D eigenvalue weighted by atomic mass is 16.5. The van der Waals surface area contributed by atoms with E-state index in [1.807, 2.05) is 0 Å². The van der Waals surface area contributed by atoms with Gasteiger partial charge in [0.2, 0.25) is 0 Å². The molecule has 0 amide bonds. The molecule has 5 aliphatic rings. The summed E-state index contributed by atoms with van der Waals surface area (Å²) < 4.78 is 5.54. The zero-order chi connectivity index (χ0) is 12.2. The van der Waals surface area contributed by atoms with E-state index < -0.39 is 0 Å². The standard InChI is InChI=1S/C16H24O2/c17-14(15-2-1-3-18-15)10-16-7-11-4-12(8-16)6-13(5-11)9-16/h2,11-14,17H,1,3-10H2. The Bertz CT molecular complexity index is 336. The molecule has 0 spiro atoms. The summed E-state index contributed by atoms with van der Waals surface area (Å²) in [6, 6.07) is 0. The van der Waals surface area contributed by atoms with Crippen molar-refractivity contribution in [2.75, 3.05) is 6.61 Å². The molecule has 4 aliphatic carbocycles. The van der Waals surface area contributed by atoms with Crippen LogP contribution in [0.5, 0.6) is 0 Å². The smallest absolute Gasteiger partial charge is 0.121 e. The summed E-state index contributed by atoms with van der Waals surface area (Å²) in [5.41, 5.74) is 0.459. The van der Waals surface area contributed by atoms with Gasteiger partial charge < -0.3 is 9.84 Å². The van der Waals surface area contributed by atoms with Crippen LogP contribution in [-0.4, -0.2) is 17.8 Å². The predicted octanol–water partition coefficient (Wildman–Crippen LogP) is 3.26. The Hall–Kier alpha value is -0.500. The number of hydrogen-bond acceptors (Lipinski definition) is 2. The van der Waals surface area contributed by atoms with Gasteiger partial charge in [-0.15, -0.1) is 0 Å². The molecule has 5 rings (SSSR count). The average molecular weight is 248 g/mol. The Morgan fingerprint density at radius 1 is 1.17 bits per heavy atom. The maximum Gasteiger partial charge on any atom is 0.121 e. The summed E-state index contributed by atoms with van der Waals surface area (Å²) in [6.45, 7) is 0.771. The molecule has 1 unspecified atom stereocenters. The first kappa shape index (κ1) is 11.3. The van der Waals surface area contributed by atoms with E-state index >= 15 is 0 Å². The van der Waals surface area contributed by atoms with E-state index in [1.165, 1.54) is 38.5 Å². The quantitative estimate of drug-likeness (QED) is 0.830. The van der Waals surface area contributed by atoms with Gasteiger partial charge in [-0.3, -0.25) is 0 Å². The third-order valence-electron chi connectivity index (χ3n) is 5.85. The van der Waals surface area contributed by atoms with Crippen molar-refractivity contribution in [1.82, 2.24) is 0 Å². The van der Waals surface area contributed by atoms with Gasteiger partial charge in [0.05, 0.1) is 6.61 Å². The molecule has 18 heavy (non-hydrogen) atoms. The van der Waals surface area contributed by atoms with Crippen LogP contribution in [0.25, 0.3) is 0 Å². The van der Waals surface area contributed by atoms with Crippen molar-refractivity contribution in [2.45, 2.75) is 57.5 Å². The van der Waals surface area contributed by atoms with E-state index in [4.69, 9.17) is 4.74 Å². The van der Waals surface area contributed by atoms with E-state index in [9.17, 15) is 5.11 Å². The molecule has 2 heteroatoms. The van der Waals surface area contributed by atoms with Crippen LogP contribution in [0.4, 0.5) is 0 Å². The maximum atomic E-state index is 10.4. The van der Waals surface area contributed by atoms with Crippen molar-refractivity contribution >= 4 is 0 Å². The van der Waals surface area contributed by atoms with Gasteiger partial charge in [-0.2, -0.15) is 0 Å². The molecule has 4 fully saturated rings. The highest BCUT2D eigenvalue weighted by Crippen LogP contribution is 2.61. The molecule has 1 N–H and O–H groups in total. The molecule has 4 saturated carbocycles. The van der Waals surface area contributed by atoms with E-state index in [0.717, 1.165) is 43.0 Å². The number of rotatable bonds is 3. The molecule has 100 valence electrons. The summed E-state index contributed by atoms with van der Waals surface area (Å²) >= 11 is 0. The molecule has 1 heterocycles. The minimum atomic E-state index is -0.330. The van der Waals surface area contributed by atoms with Gasteiger partial charge in [0, 0.05) is 6.42 Å². The van der Waals surface area contributed by atoms with Gasteiger partial charge in [-0.1, -0.05) is 0 Å². The van der Waals surface area contributed by atoms with Crippen molar-refractivity contribution in [3.8, 4) is 0 Å². The molecular weight excluding hydrogens is 224 g/mol. The molecule has 0 saturated heterocycles. The summed E-state index contributed by atoms with van der Waals surface area (Å²) in [4.78, 5) is 0. The molecule has 4 bridgehead atoms. The van der Waals surface area contributed by atoms with Crippen molar-refractivity contribution in [1.29, 1.82) is 0 Å². The number of ether oxygens (including phenoxy) is 1. The summed E-state index contributed by atoms with van der Waals surface area (Å²) in [7, 11) is 0. The van der Waals surface area contributed by atoms with Gasteiger partial charge in [0.1, 0.15) is 11.9 Å². The SMILES string of the molecule is OC(CC12CC3CC(CC(C3)C1)C2)C1=CCCO1. The van der Waals surface area contributed by atoms with E-state index in [2.05, 4.69) is 6.08 Å². The molecule has 0 radical (unpaired) electrons. The minimum absolute atomic E-state index is 0.330. The Balaban J connectivity index is 1.50. The van der Waals surface area contributed by atoms with Crippen LogP contribution in [0.1, 0.15) is 51.4 Å². The molecule has 1 atom stereocenters. The third-order valence-corrected chi connectivity index (χ3v) is 5.85. The second kappa shape index (κ2) is 4.00. The van der Waals surface area contributed by atoms with Gasteiger partial charge >= 0.3 is 0 Å². The van der Waals surface area contributed by atoms with Crippen molar-refractivity contribution in [2.24, 2.45) is 23.2 Å². The fraction of sp³-hybridized carbons (Fsp3) is 0.875. The van der Waals surface area contributed by atoms with Crippen molar-refractivity contribution in [3.05, 3.63) is 11.8 Å². The van der Waals surface area contributed by atoms with Crippen molar-refractivity contribution in [3.63, 3.8) is 0 Å². The lowest BCUT2D eigenvalue weighted by Gasteiger charge is -2.57. The number of aliphatic hydroxyl groups is 1. The summed E-state index contributed by atoms with van der Waals surface area (Å²) in [6.07, 6.45) is 12.3. The molecular formula is C16H24O2. The Kier molecular flexibility index (Phi) is 2.52. The van der Waals surface area contributed by atoms with Gasteiger partial charge in [-0.05, 0) is 74.2 Å². The van der Waals surface area contributed by atoms with Crippen molar-refractivity contribution < 1.29 is 9.84 Å². The Morgan fingerprint density at radius 2 is 1.78 bits per heavy atom. The van der Waals surface area contributed by atoms with Crippen LogP contribution in [0.3, 0.4) is 0 Å². The van der Waals surface area contributed by atoms with Crippen LogP contribution in [0, 0.1) is 23.2 Å². The highest BCUT2D eigenvalue weighted by molar-refractivity contribution is 5.09. The summed E-state index contributed by atoms with van der Waals surface area (Å²) in [5.74, 6) is 3.79. The topological polar surface area (TPSA) is 29.5 Å². The normalized spacial score (nSPS) is 46.9. The minimum Gasteiger partial charge on any atom is -0.495 e. The second-order valence-corrected chi connectivity index (χ2v) is 7.38. The fourth-order valence-corrected chi connectivity index (χ4v) is 5.72. The monoisotopic (exact) mass is 248 g/mol. The van der Waals surface area contributed by atoms with E-state index in [-0.39, 0.29) is 6.10 Å². The maximum absolute atomic E-state index is 10.4. The number of hydrogen-bond donors (Lipinski definition) is 1. The number of aliphatic hydroxyl groups excluding tert-OH is 1. The Morgan fingerprint density at radius 3 is 2.28 bits per heavy atom. The zero-order valence-corrected chi connectivity index (χ0v) is 11.1. The van der Waals surface area contributed by atoms with Gasteiger partial charge in [0.25, 0.3) is 0 Å². The first-order valence-electron chi connectivity index (χ1n) is 7.73. The first-order valence-corrected chi connectivity index (χ1v) is 7.73. The molecule has 0 aromatic carbocycles. The van der Waals surface area contributed by atoms with Crippen LogP contribution in [-0.2, 0) is 4.74 Å². The van der Waals surface area contributed by atoms with Crippen LogP contribution >= 0.6 is 0 Å². The second-order valence-electron chi connectivity index (χ2n) is 7.38. The molecule has 0 aromatic heterocycles. The predicted molar refractivity (Wildman–Crippen MR) is 69.9 cm³/mol. The van der Waals surface area contributed by atoms with Gasteiger partial charge in [-0.25, -0.2) is 0 Å². The first-order chi connectivity index (χ1) is 8.72. The highest BCUT2D eigenvalue weighted by Gasteiger charge is 2.51. The molecule has 1 aliphatic heterocycles. The van der Waals surface area contributed by atoms with Crippen LogP contribution < -0.4 is 0 Å². The summed E-state index contributed by atoms with van der Waals surface area (Å²) in [5, 5.41) is 10.4. The molecule has 0 aromatic rings. The lowest BCUT2D eigenvalue weighted by molar-refractivity contribution is -0.0762. The van der Waals surface area contributed by atoms with E-state index in [1.54, 1.807) is 0 Å². The Labute approximate surface area is 109 Å². The van der Waals surface area contributed by atoms with Crippen LogP contribution in [0.15, 0.2) is 11.8 Å². The lowest BCUT2D eigenvalue weighted by Crippen LogP contribution is -2.47. The third kappa shape index (κ3) is 1.80. The largest absolute Gasteiger partial charge is 0.495 e. The lowest BCUT2D eigenvalue weighted by atomic mass is 9.48. The van der Waals surface area contributed by atoms with Crippen LogP contribution in [0.2, 0.25) is 0 Å². The van der Waals surface area contributed by atoms with E-state index in [0.29, 0.717) is 5.41 Å². The average Bonchev–Trinajstić information content (AvgIpc) is 2.79.